The summed E-state index contributed by atoms with van der Waals surface area (Å²) in [4.78, 5) is 25.5. The fourth-order valence-electron chi connectivity index (χ4n) is 3.62. The SMILES string of the molecule is COc1ccc(CNC(=O)CNC(=O)c2cn(-c3ccc(C)cc3)nc2-c2cccc(OC)c2)cc1. The molecule has 0 bridgehead atoms. The van der Waals surface area contributed by atoms with Crippen LogP contribution in [0.5, 0.6) is 11.5 Å². The van der Waals surface area contributed by atoms with Gasteiger partial charge in [0, 0.05) is 18.3 Å². The normalized spacial score (nSPS) is 10.5. The zero-order chi connectivity index (χ0) is 25.5. The summed E-state index contributed by atoms with van der Waals surface area (Å²) in [6.45, 7) is 2.19. The summed E-state index contributed by atoms with van der Waals surface area (Å²) in [5.74, 6) is 0.704. The lowest BCUT2D eigenvalue weighted by Crippen LogP contribution is -2.36. The lowest BCUT2D eigenvalue weighted by atomic mass is 10.1. The van der Waals surface area contributed by atoms with E-state index >= 15 is 0 Å². The Balaban J connectivity index is 1.49. The van der Waals surface area contributed by atoms with Gasteiger partial charge in [0.25, 0.3) is 5.91 Å². The highest BCUT2D eigenvalue weighted by molar-refractivity contribution is 6.01. The summed E-state index contributed by atoms with van der Waals surface area (Å²) < 4.78 is 12.1. The van der Waals surface area contributed by atoms with Crippen LogP contribution in [0.2, 0.25) is 0 Å². The molecular formula is C28H28N4O4. The van der Waals surface area contributed by atoms with Crippen molar-refractivity contribution >= 4 is 11.8 Å². The largest absolute Gasteiger partial charge is 0.497 e. The Morgan fingerprint density at radius 2 is 1.61 bits per heavy atom. The van der Waals surface area contributed by atoms with E-state index in [9.17, 15) is 9.59 Å². The second-order valence-corrected chi connectivity index (χ2v) is 8.21. The molecule has 2 amide bonds. The van der Waals surface area contributed by atoms with Gasteiger partial charge in [-0.15, -0.1) is 0 Å². The predicted molar refractivity (Wildman–Crippen MR) is 137 cm³/mol. The molecule has 2 N–H and O–H groups in total. The number of hydrogen-bond donors (Lipinski definition) is 2. The smallest absolute Gasteiger partial charge is 0.255 e. The summed E-state index contributed by atoms with van der Waals surface area (Å²) in [5, 5.41) is 10.2. The van der Waals surface area contributed by atoms with Gasteiger partial charge in [-0.3, -0.25) is 9.59 Å². The minimum absolute atomic E-state index is 0.164. The van der Waals surface area contributed by atoms with Crippen molar-refractivity contribution in [3.05, 3.63) is 95.7 Å². The Morgan fingerprint density at radius 3 is 2.31 bits per heavy atom. The number of aryl methyl sites for hydroxylation is 1. The maximum Gasteiger partial charge on any atom is 0.255 e. The zero-order valence-corrected chi connectivity index (χ0v) is 20.4. The maximum atomic E-state index is 13.2. The molecule has 8 nitrogen and oxygen atoms in total. The Morgan fingerprint density at radius 1 is 0.889 bits per heavy atom. The van der Waals surface area contributed by atoms with Crippen molar-refractivity contribution in [1.29, 1.82) is 0 Å². The first-order valence-corrected chi connectivity index (χ1v) is 11.5. The van der Waals surface area contributed by atoms with Crippen LogP contribution in [0.4, 0.5) is 0 Å². The topological polar surface area (TPSA) is 94.5 Å². The van der Waals surface area contributed by atoms with Crippen molar-refractivity contribution in [2.75, 3.05) is 20.8 Å². The van der Waals surface area contributed by atoms with E-state index in [0.717, 1.165) is 28.1 Å². The van der Waals surface area contributed by atoms with Gasteiger partial charge in [0.1, 0.15) is 17.2 Å². The fourth-order valence-corrected chi connectivity index (χ4v) is 3.62. The second kappa shape index (κ2) is 11.2. The van der Waals surface area contributed by atoms with Gasteiger partial charge in [0.15, 0.2) is 0 Å². The molecule has 0 saturated heterocycles. The zero-order valence-electron chi connectivity index (χ0n) is 20.4. The Kier molecular flexibility index (Phi) is 7.65. The number of hydrogen-bond acceptors (Lipinski definition) is 5. The molecule has 0 spiro atoms. The fraction of sp³-hybridized carbons (Fsp3) is 0.179. The van der Waals surface area contributed by atoms with Crippen molar-refractivity contribution in [2.45, 2.75) is 13.5 Å². The molecule has 1 heterocycles. The van der Waals surface area contributed by atoms with Crippen LogP contribution >= 0.6 is 0 Å². The first-order valence-electron chi connectivity index (χ1n) is 11.5. The van der Waals surface area contributed by atoms with E-state index in [1.807, 2.05) is 79.7 Å². The van der Waals surface area contributed by atoms with Gasteiger partial charge in [0.05, 0.1) is 32.0 Å². The van der Waals surface area contributed by atoms with Crippen molar-refractivity contribution < 1.29 is 19.1 Å². The van der Waals surface area contributed by atoms with Crippen LogP contribution in [0.1, 0.15) is 21.5 Å². The van der Waals surface area contributed by atoms with E-state index in [-0.39, 0.29) is 12.5 Å². The molecule has 0 aliphatic heterocycles. The maximum absolute atomic E-state index is 13.2. The summed E-state index contributed by atoms with van der Waals surface area (Å²) in [7, 11) is 3.19. The highest BCUT2D eigenvalue weighted by Crippen LogP contribution is 2.27. The molecule has 0 fully saturated rings. The molecule has 0 aliphatic carbocycles. The number of benzene rings is 3. The predicted octanol–water partition coefficient (Wildman–Crippen LogP) is 3.91. The summed E-state index contributed by atoms with van der Waals surface area (Å²) >= 11 is 0. The third kappa shape index (κ3) is 5.90. The van der Waals surface area contributed by atoms with Crippen LogP contribution in [0.3, 0.4) is 0 Å². The van der Waals surface area contributed by atoms with E-state index in [4.69, 9.17) is 9.47 Å². The third-order valence-electron chi connectivity index (χ3n) is 5.66. The molecule has 3 aromatic carbocycles. The summed E-state index contributed by atoms with van der Waals surface area (Å²) in [5.41, 5.74) is 4.44. The van der Waals surface area contributed by atoms with E-state index in [1.165, 1.54) is 0 Å². The third-order valence-corrected chi connectivity index (χ3v) is 5.66. The van der Waals surface area contributed by atoms with Gasteiger partial charge in [-0.2, -0.15) is 5.10 Å². The van der Waals surface area contributed by atoms with Crippen LogP contribution in [-0.4, -0.2) is 42.4 Å². The van der Waals surface area contributed by atoms with Crippen molar-refractivity contribution in [2.24, 2.45) is 0 Å². The average Bonchev–Trinajstić information content (AvgIpc) is 3.37. The number of rotatable bonds is 9. The van der Waals surface area contributed by atoms with Crippen molar-refractivity contribution in [3.8, 4) is 28.4 Å². The van der Waals surface area contributed by atoms with Crippen molar-refractivity contribution in [1.82, 2.24) is 20.4 Å². The molecule has 4 rings (SSSR count). The molecule has 0 saturated carbocycles. The molecular weight excluding hydrogens is 456 g/mol. The lowest BCUT2D eigenvalue weighted by molar-refractivity contribution is -0.120. The van der Waals surface area contributed by atoms with E-state index in [2.05, 4.69) is 15.7 Å². The second-order valence-electron chi connectivity index (χ2n) is 8.21. The highest BCUT2D eigenvalue weighted by Gasteiger charge is 2.20. The molecule has 36 heavy (non-hydrogen) atoms. The van der Waals surface area contributed by atoms with Gasteiger partial charge in [-0.25, -0.2) is 4.68 Å². The van der Waals surface area contributed by atoms with E-state index < -0.39 is 5.91 Å². The number of carbonyl (C=O) groups excluding carboxylic acids is 2. The van der Waals surface area contributed by atoms with E-state index in [0.29, 0.717) is 23.6 Å². The Hall–Kier alpha value is -4.59. The summed E-state index contributed by atoms with van der Waals surface area (Å²) in [6.07, 6.45) is 1.67. The number of carbonyl (C=O) groups is 2. The van der Waals surface area contributed by atoms with Crippen LogP contribution in [0.15, 0.2) is 79.0 Å². The standard InChI is InChI=1S/C28H28N4O4/c1-19-7-11-22(12-8-19)32-18-25(27(31-32)21-5-4-6-24(15-21)36-3)28(34)30-17-26(33)29-16-20-9-13-23(35-2)14-10-20/h4-15,18H,16-17H2,1-3H3,(H,29,33)(H,30,34). The molecule has 4 aromatic rings. The monoisotopic (exact) mass is 484 g/mol. The average molecular weight is 485 g/mol. The molecule has 1 aromatic heterocycles. The summed E-state index contributed by atoms with van der Waals surface area (Å²) in [6, 6.07) is 22.6. The number of aromatic nitrogens is 2. The van der Waals surface area contributed by atoms with Crippen LogP contribution < -0.4 is 20.1 Å². The molecule has 8 heteroatoms. The number of ether oxygens (including phenoxy) is 2. The Labute approximate surface area is 209 Å². The highest BCUT2D eigenvalue weighted by atomic mass is 16.5. The first-order chi connectivity index (χ1) is 17.5. The minimum atomic E-state index is -0.397. The molecule has 0 aliphatic rings. The van der Waals surface area contributed by atoms with Gasteiger partial charge >= 0.3 is 0 Å². The molecule has 0 atom stereocenters. The number of nitrogens with zero attached hydrogens (tertiary/aromatic N) is 2. The Bertz CT molecular complexity index is 1340. The van der Waals surface area contributed by atoms with E-state index in [1.54, 1.807) is 25.1 Å². The minimum Gasteiger partial charge on any atom is -0.497 e. The van der Waals surface area contributed by atoms with Gasteiger partial charge in [-0.05, 0) is 48.9 Å². The van der Waals surface area contributed by atoms with Crippen LogP contribution in [0, 0.1) is 6.92 Å². The first kappa shape index (κ1) is 24.5. The van der Waals surface area contributed by atoms with Gasteiger partial charge in [0.2, 0.25) is 5.91 Å². The molecule has 184 valence electrons. The molecule has 0 unspecified atom stereocenters. The lowest BCUT2D eigenvalue weighted by Gasteiger charge is -2.08. The number of amides is 2. The number of methoxy groups -OCH3 is 2. The van der Waals surface area contributed by atoms with Gasteiger partial charge < -0.3 is 20.1 Å². The molecule has 0 radical (unpaired) electrons. The van der Waals surface area contributed by atoms with Crippen LogP contribution in [-0.2, 0) is 11.3 Å². The van der Waals surface area contributed by atoms with Crippen molar-refractivity contribution in [3.63, 3.8) is 0 Å². The number of nitrogens with one attached hydrogen (secondary N) is 2. The van der Waals surface area contributed by atoms with Crippen LogP contribution in [0.25, 0.3) is 16.9 Å². The van der Waals surface area contributed by atoms with Gasteiger partial charge in [-0.1, -0.05) is 42.0 Å². The quantitative estimate of drug-likeness (QED) is 0.376.